The van der Waals surface area contributed by atoms with Gasteiger partial charge in [0.1, 0.15) is 12.4 Å². The van der Waals surface area contributed by atoms with E-state index in [1.807, 2.05) is 19.2 Å². The summed E-state index contributed by atoms with van der Waals surface area (Å²) in [4.78, 5) is 0.314. The molecule has 2 rings (SSSR count). The summed E-state index contributed by atoms with van der Waals surface area (Å²) in [6, 6.07) is 6.59. The zero-order chi connectivity index (χ0) is 14.4. The monoisotopic (exact) mass is 296 g/mol. The Morgan fingerprint density at radius 1 is 1.25 bits per heavy atom. The third kappa shape index (κ3) is 3.59. The zero-order valence-electron chi connectivity index (χ0n) is 11.6. The van der Waals surface area contributed by atoms with Crippen molar-refractivity contribution in [2.45, 2.75) is 11.3 Å². The van der Waals surface area contributed by atoms with Gasteiger partial charge in [0.2, 0.25) is 10.0 Å². The highest BCUT2D eigenvalue weighted by Gasteiger charge is 2.24. The molecular formula is C14H20N2O3S. The molecular weight excluding hydrogens is 276 g/mol. The van der Waals surface area contributed by atoms with Gasteiger partial charge in [-0.1, -0.05) is 12.2 Å². The van der Waals surface area contributed by atoms with Crippen molar-refractivity contribution >= 4 is 10.0 Å². The van der Waals surface area contributed by atoms with E-state index in [0.717, 1.165) is 13.0 Å². The maximum atomic E-state index is 12.4. The van der Waals surface area contributed by atoms with Crippen molar-refractivity contribution in [3.05, 3.63) is 36.4 Å². The first-order chi connectivity index (χ1) is 9.64. The fourth-order valence-corrected chi connectivity index (χ4v) is 3.37. The van der Waals surface area contributed by atoms with Gasteiger partial charge in [-0.15, -0.1) is 0 Å². The van der Waals surface area contributed by atoms with Crippen LogP contribution in [0.2, 0.25) is 0 Å². The second-order valence-electron chi connectivity index (χ2n) is 4.55. The van der Waals surface area contributed by atoms with Crippen LogP contribution in [0.25, 0.3) is 0 Å². The molecule has 0 unspecified atom stereocenters. The van der Waals surface area contributed by atoms with Crippen LogP contribution in [0.1, 0.15) is 6.42 Å². The first kappa shape index (κ1) is 15.0. The molecule has 1 heterocycles. The highest BCUT2D eigenvalue weighted by Crippen LogP contribution is 2.21. The van der Waals surface area contributed by atoms with Gasteiger partial charge in [0.25, 0.3) is 0 Å². The van der Waals surface area contributed by atoms with E-state index >= 15 is 0 Å². The maximum Gasteiger partial charge on any atom is 0.243 e. The Morgan fingerprint density at radius 3 is 2.60 bits per heavy atom. The predicted octanol–water partition coefficient (Wildman–Crippen LogP) is 1.24. The highest BCUT2D eigenvalue weighted by molar-refractivity contribution is 7.89. The molecule has 1 aromatic rings. The van der Waals surface area contributed by atoms with Crippen LogP contribution in [0.15, 0.2) is 41.3 Å². The lowest BCUT2D eigenvalue weighted by Gasteiger charge is -2.22. The smallest absolute Gasteiger partial charge is 0.243 e. The van der Waals surface area contributed by atoms with Crippen molar-refractivity contribution in [2.24, 2.45) is 0 Å². The van der Waals surface area contributed by atoms with E-state index in [1.165, 1.54) is 4.31 Å². The van der Waals surface area contributed by atoms with Crippen LogP contribution >= 0.6 is 0 Å². The van der Waals surface area contributed by atoms with Crippen molar-refractivity contribution in [1.29, 1.82) is 0 Å². The average Bonchev–Trinajstić information content (AvgIpc) is 2.49. The van der Waals surface area contributed by atoms with Crippen LogP contribution < -0.4 is 10.1 Å². The Bertz CT molecular complexity index is 552. The maximum absolute atomic E-state index is 12.4. The Kier molecular flexibility index (Phi) is 5.17. The standard InChI is InChI=1S/C14H20N2O3S/c1-15-9-12-19-13-5-7-14(8-6-13)20(17,18)16-10-3-2-4-11-16/h2-3,5-8,15H,4,9-12H2,1H3. The van der Waals surface area contributed by atoms with Gasteiger partial charge in [0.15, 0.2) is 0 Å². The summed E-state index contributed by atoms with van der Waals surface area (Å²) < 4.78 is 31.8. The number of nitrogens with one attached hydrogen (secondary N) is 1. The average molecular weight is 296 g/mol. The van der Waals surface area contributed by atoms with E-state index in [0.29, 0.717) is 30.3 Å². The minimum atomic E-state index is -3.39. The molecule has 0 aliphatic carbocycles. The number of rotatable bonds is 6. The third-order valence-corrected chi connectivity index (χ3v) is 4.98. The first-order valence-electron chi connectivity index (χ1n) is 6.67. The second kappa shape index (κ2) is 6.88. The van der Waals surface area contributed by atoms with E-state index in [-0.39, 0.29) is 0 Å². The molecule has 0 bridgehead atoms. The van der Waals surface area contributed by atoms with E-state index in [9.17, 15) is 8.42 Å². The summed E-state index contributed by atoms with van der Waals surface area (Å²) >= 11 is 0. The molecule has 1 N–H and O–H groups in total. The molecule has 0 amide bonds. The summed E-state index contributed by atoms with van der Waals surface area (Å²) in [7, 11) is -1.54. The van der Waals surface area contributed by atoms with Gasteiger partial charge in [-0.25, -0.2) is 8.42 Å². The number of benzene rings is 1. The van der Waals surface area contributed by atoms with E-state index in [4.69, 9.17) is 4.74 Å². The van der Waals surface area contributed by atoms with Gasteiger partial charge < -0.3 is 10.1 Å². The first-order valence-corrected chi connectivity index (χ1v) is 8.11. The van der Waals surface area contributed by atoms with Crippen LogP contribution in [-0.2, 0) is 10.0 Å². The number of hydrogen-bond acceptors (Lipinski definition) is 4. The minimum Gasteiger partial charge on any atom is -0.492 e. The van der Waals surface area contributed by atoms with E-state index in [1.54, 1.807) is 24.3 Å². The molecule has 0 atom stereocenters. The van der Waals surface area contributed by atoms with Crippen molar-refractivity contribution in [2.75, 3.05) is 33.3 Å². The van der Waals surface area contributed by atoms with Crippen LogP contribution in [-0.4, -0.2) is 46.0 Å². The second-order valence-corrected chi connectivity index (χ2v) is 6.48. The number of ether oxygens (including phenoxy) is 1. The predicted molar refractivity (Wildman–Crippen MR) is 78.4 cm³/mol. The molecule has 20 heavy (non-hydrogen) atoms. The van der Waals surface area contributed by atoms with Crippen LogP contribution in [0.3, 0.4) is 0 Å². The Balaban J connectivity index is 2.06. The quantitative estimate of drug-likeness (QED) is 0.634. The van der Waals surface area contributed by atoms with Gasteiger partial charge >= 0.3 is 0 Å². The number of sulfonamides is 1. The lowest BCUT2D eigenvalue weighted by Crippen LogP contribution is -2.33. The molecule has 1 aliphatic rings. The molecule has 0 saturated heterocycles. The lowest BCUT2D eigenvalue weighted by atomic mass is 10.3. The Labute approximate surface area is 120 Å². The molecule has 1 aromatic carbocycles. The molecule has 0 radical (unpaired) electrons. The molecule has 0 aromatic heterocycles. The fourth-order valence-electron chi connectivity index (χ4n) is 1.97. The molecule has 0 fully saturated rings. The zero-order valence-corrected chi connectivity index (χ0v) is 12.4. The molecule has 0 spiro atoms. The fraction of sp³-hybridized carbons (Fsp3) is 0.429. The van der Waals surface area contributed by atoms with Gasteiger partial charge in [0.05, 0.1) is 4.90 Å². The molecule has 0 saturated carbocycles. The number of likely N-dealkylation sites (N-methyl/N-ethyl adjacent to an activating group) is 1. The summed E-state index contributed by atoms with van der Waals surface area (Å²) in [5.41, 5.74) is 0. The van der Waals surface area contributed by atoms with Gasteiger partial charge in [-0.05, 0) is 37.7 Å². The molecule has 6 heteroatoms. The van der Waals surface area contributed by atoms with Gasteiger partial charge in [-0.3, -0.25) is 0 Å². The number of nitrogens with zero attached hydrogens (tertiary/aromatic N) is 1. The van der Waals surface area contributed by atoms with Crippen molar-refractivity contribution in [1.82, 2.24) is 9.62 Å². The SMILES string of the molecule is CNCCOc1ccc(S(=O)(=O)N2CC=CCC2)cc1. The summed E-state index contributed by atoms with van der Waals surface area (Å²) in [6.45, 7) is 2.29. The molecule has 110 valence electrons. The summed E-state index contributed by atoms with van der Waals surface area (Å²) in [5.74, 6) is 0.678. The lowest BCUT2D eigenvalue weighted by molar-refractivity contribution is 0.318. The van der Waals surface area contributed by atoms with E-state index < -0.39 is 10.0 Å². The normalized spacial score (nSPS) is 16.2. The number of hydrogen-bond donors (Lipinski definition) is 1. The van der Waals surface area contributed by atoms with Crippen LogP contribution in [0.4, 0.5) is 0 Å². The molecule has 5 nitrogen and oxygen atoms in total. The van der Waals surface area contributed by atoms with Gasteiger partial charge in [0, 0.05) is 19.6 Å². The summed E-state index contributed by atoms with van der Waals surface area (Å²) in [6.07, 6.45) is 4.66. The molecule has 1 aliphatic heterocycles. The third-order valence-electron chi connectivity index (χ3n) is 3.10. The van der Waals surface area contributed by atoms with Crippen LogP contribution in [0, 0.1) is 0 Å². The van der Waals surface area contributed by atoms with Gasteiger partial charge in [-0.2, -0.15) is 4.31 Å². The Morgan fingerprint density at radius 2 is 2.00 bits per heavy atom. The largest absolute Gasteiger partial charge is 0.492 e. The Hall–Kier alpha value is -1.37. The van der Waals surface area contributed by atoms with Crippen molar-refractivity contribution < 1.29 is 13.2 Å². The van der Waals surface area contributed by atoms with E-state index in [2.05, 4.69) is 5.32 Å². The van der Waals surface area contributed by atoms with Crippen molar-refractivity contribution in [3.8, 4) is 5.75 Å². The highest BCUT2D eigenvalue weighted by atomic mass is 32.2. The van der Waals surface area contributed by atoms with Crippen molar-refractivity contribution in [3.63, 3.8) is 0 Å². The minimum absolute atomic E-state index is 0.314. The topological polar surface area (TPSA) is 58.6 Å². The van der Waals surface area contributed by atoms with Crippen LogP contribution in [0.5, 0.6) is 5.75 Å². The summed E-state index contributed by atoms with van der Waals surface area (Å²) in [5, 5.41) is 2.98.